The van der Waals surface area contributed by atoms with Gasteiger partial charge in [0.15, 0.2) is 0 Å². The van der Waals surface area contributed by atoms with E-state index in [0.29, 0.717) is 35.0 Å². The molecule has 0 saturated carbocycles. The number of amides is 1. The Morgan fingerprint density at radius 3 is 2.53 bits per heavy atom. The van der Waals surface area contributed by atoms with Crippen LogP contribution >= 0.6 is 0 Å². The van der Waals surface area contributed by atoms with E-state index in [1.54, 1.807) is 41.3 Å². The maximum absolute atomic E-state index is 13.1. The summed E-state index contributed by atoms with van der Waals surface area (Å²) in [5, 5.41) is 12.0. The number of likely N-dealkylation sites (tertiary alicyclic amines) is 1. The fourth-order valence-electron chi connectivity index (χ4n) is 3.64. The minimum atomic E-state index is -0.333. The van der Waals surface area contributed by atoms with Gasteiger partial charge in [-0.1, -0.05) is 0 Å². The first kappa shape index (κ1) is 21.2. The molecule has 1 aliphatic rings. The summed E-state index contributed by atoms with van der Waals surface area (Å²) in [6.07, 6.45) is 3.98. The highest BCUT2D eigenvalue weighted by Gasteiger charge is 2.22. The van der Waals surface area contributed by atoms with Gasteiger partial charge < -0.3 is 20.7 Å². The average Bonchev–Trinajstić information content (AvgIpc) is 2.81. The van der Waals surface area contributed by atoms with Crippen molar-refractivity contribution in [1.82, 2.24) is 14.9 Å². The number of halogens is 1. The molecule has 2 aromatic carbocycles. The van der Waals surface area contributed by atoms with Gasteiger partial charge in [0.2, 0.25) is 6.41 Å². The van der Waals surface area contributed by atoms with Crippen LogP contribution in [-0.4, -0.2) is 46.1 Å². The van der Waals surface area contributed by atoms with Gasteiger partial charge >= 0.3 is 0 Å². The molecular weight excluding hydrogens is 411 g/mol. The monoisotopic (exact) mass is 434 g/mol. The Balaban J connectivity index is 1.52. The second kappa shape index (κ2) is 9.42. The molecule has 1 amide bonds. The number of ether oxygens (including phenoxy) is 1. The molecule has 4 N–H and O–H groups in total. The SMILES string of the molecule is N=C(c1ccc(Oc2ccc(F)cc2)cc1)c1c(N)ncnc1NC1CCCN(C=O)C1. The van der Waals surface area contributed by atoms with Crippen molar-refractivity contribution in [2.45, 2.75) is 18.9 Å². The Kier molecular flexibility index (Phi) is 6.25. The molecule has 164 valence electrons. The predicted molar refractivity (Wildman–Crippen MR) is 120 cm³/mol. The predicted octanol–water partition coefficient (Wildman–Crippen LogP) is 3.44. The lowest BCUT2D eigenvalue weighted by Gasteiger charge is -2.31. The number of anilines is 2. The fraction of sp³-hybridized carbons (Fsp3) is 0.217. The summed E-state index contributed by atoms with van der Waals surface area (Å²) in [7, 11) is 0. The van der Waals surface area contributed by atoms with Crippen molar-refractivity contribution in [1.29, 1.82) is 5.41 Å². The molecule has 32 heavy (non-hydrogen) atoms. The average molecular weight is 434 g/mol. The van der Waals surface area contributed by atoms with Crippen LogP contribution in [0.2, 0.25) is 0 Å². The number of carbonyl (C=O) groups is 1. The van der Waals surface area contributed by atoms with Crippen LogP contribution in [0.15, 0.2) is 54.9 Å². The molecule has 1 atom stereocenters. The van der Waals surface area contributed by atoms with Gasteiger partial charge in [-0.2, -0.15) is 0 Å². The molecule has 9 heteroatoms. The largest absolute Gasteiger partial charge is 0.457 e. The van der Waals surface area contributed by atoms with E-state index in [1.807, 2.05) is 0 Å². The number of nitrogens with zero attached hydrogens (tertiary/aromatic N) is 3. The summed E-state index contributed by atoms with van der Waals surface area (Å²) in [5.74, 6) is 1.40. The highest BCUT2D eigenvalue weighted by Crippen LogP contribution is 2.26. The zero-order valence-corrected chi connectivity index (χ0v) is 17.3. The summed E-state index contributed by atoms with van der Waals surface area (Å²) < 4.78 is 18.8. The quantitative estimate of drug-likeness (QED) is 0.387. The summed E-state index contributed by atoms with van der Waals surface area (Å²) in [6.45, 7) is 1.30. The molecule has 1 aliphatic heterocycles. The molecule has 0 bridgehead atoms. The van der Waals surface area contributed by atoms with Crippen LogP contribution in [0, 0.1) is 11.2 Å². The molecular formula is C23H23FN6O2. The topological polar surface area (TPSA) is 117 Å². The third kappa shape index (κ3) is 4.83. The molecule has 1 unspecified atom stereocenters. The van der Waals surface area contributed by atoms with Crippen LogP contribution in [0.4, 0.5) is 16.0 Å². The lowest BCUT2D eigenvalue weighted by Crippen LogP contribution is -2.41. The first-order chi connectivity index (χ1) is 15.5. The summed E-state index contributed by atoms with van der Waals surface area (Å²) >= 11 is 0. The van der Waals surface area contributed by atoms with Gasteiger partial charge in [0.1, 0.15) is 35.3 Å². The van der Waals surface area contributed by atoms with E-state index >= 15 is 0 Å². The Morgan fingerprint density at radius 2 is 1.84 bits per heavy atom. The number of rotatable bonds is 7. The number of carbonyl (C=O) groups excluding carboxylic acids is 1. The first-order valence-corrected chi connectivity index (χ1v) is 10.2. The molecule has 1 saturated heterocycles. The highest BCUT2D eigenvalue weighted by atomic mass is 19.1. The Hall–Kier alpha value is -4.01. The Labute approximate surface area is 184 Å². The number of aromatic nitrogens is 2. The van der Waals surface area contributed by atoms with Crippen LogP contribution in [0.3, 0.4) is 0 Å². The maximum Gasteiger partial charge on any atom is 0.209 e. The number of nitrogens with one attached hydrogen (secondary N) is 2. The van der Waals surface area contributed by atoms with E-state index in [9.17, 15) is 9.18 Å². The Morgan fingerprint density at radius 1 is 1.16 bits per heavy atom. The molecule has 0 aliphatic carbocycles. The number of nitrogens with two attached hydrogens (primary N) is 1. The lowest BCUT2D eigenvalue weighted by atomic mass is 10.0. The van der Waals surface area contributed by atoms with Crippen molar-refractivity contribution in [3.8, 4) is 11.5 Å². The van der Waals surface area contributed by atoms with Gasteiger partial charge in [-0.05, 0) is 61.4 Å². The zero-order valence-electron chi connectivity index (χ0n) is 17.3. The second-order valence-corrected chi connectivity index (χ2v) is 7.52. The third-order valence-electron chi connectivity index (χ3n) is 5.26. The van der Waals surface area contributed by atoms with E-state index in [4.69, 9.17) is 15.9 Å². The fourth-order valence-corrected chi connectivity index (χ4v) is 3.64. The number of nitrogen functional groups attached to an aromatic ring is 1. The van der Waals surface area contributed by atoms with Crippen LogP contribution < -0.4 is 15.8 Å². The van der Waals surface area contributed by atoms with Gasteiger partial charge in [0, 0.05) is 24.7 Å². The van der Waals surface area contributed by atoms with Crippen LogP contribution in [0.1, 0.15) is 24.0 Å². The summed E-state index contributed by atoms with van der Waals surface area (Å²) in [5.41, 5.74) is 7.29. The van der Waals surface area contributed by atoms with E-state index < -0.39 is 0 Å². The van der Waals surface area contributed by atoms with Crippen LogP contribution in [0.25, 0.3) is 0 Å². The number of hydrogen-bond acceptors (Lipinski definition) is 7. The lowest BCUT2D eigenvalue weighted by molar-refractivity contribution is -0.119. The van der Waals surface area contributed by atoms with E-state index in [2.05, 4.69) is 15.3 Å². The normalized spacial score (nSPS) is 15.8. The molecule has 3 aromatic rings. The molecule has 4 rings (SSSR count). The molecule has 8 nitrogen and oxygen atoms in total. The molecule has 1 aromatic heterocycles. The summed E-state index contributed by atoms with van der Waals surface area (Å²) in [4.78, 5) is 21.2. The molecule has 0 radical (unpaired) electrons. The summed E-state index contributed by atoms with van der Waals surface area (Å²) in [6, 6.07) is 12.7. The van der Waals surface area contributed by atoms with Crippen molar-refractivity contribution in [2.24, 2.45) is 0 Å². The van der Waals surface area contributed by atoms with Gasteiger partial charge in [-0.3, -0.25) is 10.2 Å². The number of benzene rings is 2. The van der Waals surface area contributed by atoms with Crippen molar-refractivity contribution in [3.63, 3.8) is 0 Å². The number of hydrogen-bond donors (Lipinski definition) is 3. The molecule has 0 spiro atoms. The Bertz CT molecular complexity index is 1100. The van der Waals surface area contributed by atoms with Crippen molar-refractivity contribution >= 4 is 23.8 Å². The maximum atomic E-state index is 13.1. The highest BCUT2D eigenvalue weighted by molar-refractivity contribution is 6.16. The second-order valence-electron chi connectivity index (χ2n) is 7.52. The van der Waals surface area contributed by atoms with E-state index in [1.165, 1.54) is 18.5 Å². The standard InChI is InChI=1S/C23H23FN6O2/c24-16-5-9-19(10-6-16)32-18-7-3-15(4-8-18)21(25)20-22(26)27-13-28-23(20)29-17-2-1-11-30(12-17)14-31/h3-10,13-14,17,25H,1-2,11-12H2,(H3,26,27,28,29). The smallest absolute Gasteiger partial charge is 0.209 e. The minimum absolute atomic E-state index is 0.0151. The first-order valence-electron chi connectivity index (χ1n) is 10.2. The van der Waals surface area contributed by atoms with Crippen LogP contribution in [0.5, 0.6) is 11.5 Å². The van der Waals surface area contributed by atoms with Crippen molar-refractivity contribution in [3.05, 3.63) is 71.8 Å². The van der Waals surface area contributed by atoms with Crippen LogP contribution in [-0.2, 0) is 4.79 Å². The minimum Gasteiger partial charge on any atom is -0.457 e. The van der Waals surface area contributed by atoms with E-state index in [-0.39, 0.29) is 23.4 Å². The molecule has 2 heterocycles. The number of piperidine rings is 1. The zero-order chi connectivity index (χ0) is 22.5. The van der Waals surface area contributed by atoms with E-state index in [0.717, 1.165) is 25.8 Å². The van der Waals surface area contributed by atoms with Crippen molar-refractivity contribution in [2.75, 3.05) is 24.1 Å². The third-order valence-corrected chi connectivity index (χ3v) is 5.26. The molecule has 1 fully saturated rings. The van der Waals surface area contributed by atoms with Gasteiger partial charge in [-0.15, -0.1) is 0 Å². The van der Waals surface area contributed by atoms with Gasteiger partial charge in [0.25, 0.3) is 0 Å². The van der Waals surface area contributed by atoms with Gasteiger partial charge in [-0.25, -0.2) is 14.4 Å². The van der Waals surface area contributed by atoms with Crippen molar-refractivity contribution < 1.29 is 13.9 Å². The van der Waals surface area contributed by atoms with Gasteiger partial charge in [0.05, 0.1) is 11.3 Å².